The molecule has 1 heterocycles. The lowest BCUT2D eigenvalue weighted by Crippen LogP contribution is -2.35. The van der Waals surface area contributed by atoms with Gasteiger partial charge in [0, 0.05) is 12.1 Å². The smallest absolute Gasteiger partial charge is 0.352 e. The third-order valence-electron chi connectivity index (χ3n) is 2.47. The highest BCUT2D eigenvalue weighted by Gasteiger charge is 2.11. The van der Waals surface area contributed by atoms with E-state index in [0.717, 1.165) is 10.6 Å². The molecule has 1 aromatic heterocycles. The average molecular weight is 262 g/mol. The van der Waals surface area contributed by atoms with Gasteiger partial charge in [-0.1, -0.05) is 6.07 Å². The SMILES string of the molecule is COc1cccc(-n2c(=O)cc(C(=O)O)[nH]c2=O)c1. The van der Waals surface area contributed by atoms with Crippen molar-refractivity contribution < 1.29 is 14.6 Å². The van der Waals surface area contributed by atoms with Crippen molar-refractivity contribution >= 4 is 5.97 Å². The Kier molecular flexibility index (Phi) is 3.19. The van der Waals surface area contributed by atoms with E-state index in [-0.39, 0.29) is 0 Å². The third-order valence-corrected chi connectivity index (χ3v) is 2.47. The number of methoxy groups -OCH3 is 1. The zero-order chi connectivity index (χ0) is 14.0. The molecule has 0 amide bonds. The van der Waals surface area contributed by atoms with Gasteiger partial charge in [0.2, 0.25) is 0 Å². The highest BCUT2D eigenvalue weighted by atomic mass is 16.5. The number of nitrogens with one attached hydrogen (secondary N) is 1. The van der Waals surface area contributed by atoms with Crippen LogP contribution in [0.5, 0.6) is 5.75 Å². The van der Waals surface area contributed by atoms with Gasteiger partial charge >= 0.3 is 11.7 Å². The molecule has 0 aliphatic heterocycles. The van der Waals surface area contributed by atoms with Crippen LogP contribution >= 0.6 is 0 Å². The molecule has 0 aliphatic carbocycles. The highest BCUT2D eigenvalue weighted by Crippen LogP contribution is 2.13. The van der Waals surface area contributed by atoms with Crippen molar-refractivity contribution in [1.82, 2.24) is 9.55 Å². The summed E-state index contributed by atoms with van der Waals surface area (Å²) in [5.41, 5.74) is -1.70. The van der Waals surface area contributed by atoms with E-state index in [1.807, 2.05) is 0 Å². The van der Waals surface area contributed by atoms with Gasteiger partial charge in [-0.05, 0) is 12.1 Å². The van der Waals surface area contributed by atoms with Crippen LogP contribution < -0.4 is 16.0 Å². The number of hydrogen-bond acceptors (Lipinski definition) is 4. The van der Waals surface area contributed by atoms with Crippen molar-refractivity contribution in [3.8, 4) is 11.4 Å². The van der Waals surface area contributed by atoms with Gasteiger partial charge in [0.25, 0.3) is 5.56 Å². The topological polar surface area (TPSA) is 101 Å². The quantitative estimate of drug-likeness (QED) is 0.824. The van der Waals surface area contributed by atoms with E-state index in [2.05, 4.69) is 4.98 Å². The Hall–Kier alpha value is -2.83. The molecule has 0 aliphatic rings. The van der Waals surface area contributed by atoms with Crippen LogP contribution in [-0.2, 0) is 0 Å². The molecule has 2 aromatic rings. The fourth-order valence-corrected chi connectivity index (χ4v) is 1.60. The molecule has 0 spiro atoms. The van der Waals surface area contributed by atoms with E-state index in [0.29, 0.717) is 11.4 Å². The molecular weight excluding hydrogens is 252 g/mol. The number of carbonyl (C=O) groups is 1. The molecule has 2 rings (SSSR count). The van der Waals surface area contributed by atoms with Crippen LogP contribution in [0.1, 0.15) is 10.5 Å². The number of nitrogens with zero attached hydrogens (tertiary/aromatic N) is 1. The van der Waals surface area contributed by atoms with Gasteiger partial charge in [-0.25, -0.2) is 14.2 Å². The second-order valence-electron chi connectivity index (χ2n) is 3.67. The van der Waals surface area contributed by atoms with Crippen molar-refractivity contribution in [3.63, 3.8) is 0 Å². The predicted octanol–water partition coefficient (Wildman–Crippen LogP) is 0.233. The average Bonchev–Trinajstić information content (AvgIpc) is 2.38. The highest BCUT2D eigenvalue weighted by molar-refractivity contribution is 5.84. The summed E-state index contributed by atoms with van der Waals surface area (Å²) in [6.45, 7) is 0. The predicted molar refractivity (Wildman–Crippen MR) is 66.2 cm³/mol. The van der Waals surface area contributed by atoms with E-state index in [4.69, 9.17) is 9.84 Å². The number of benzene rings is 1. The number of hydrogen-bond donors (Lipinski definition) is 2. The third kappa shape index (κ3) is 2.39. The molecule has 0 unspecified atom stereocenters. The van der Waals surface area contributed by atoms with E-state index in [1.54, 1.807) is 18.2 Å². The summed E-state index contributed by atoms with van der Waals surface area (Å²) in [5.74, 6) is -0.891. The zero-order valence-electron chi connectivity index (χ0n) is 9.91. The number of aromatic nitrogens is 2. The number of rotatable bonds is 3. The van der Waals surface area contributed by atoms with Crippen LogP contribution in [0, 0.1) is 0 Å². The van der Waals surface area contributed by atoms with Crippen LogP contribution in [0.15, 0.2) is 39.9 Å². The van der Waals surface area contributed by atoms with Gasteiger partial charge in [-0.15, -0.1) is 0 Å². The fraction of sp³-hybridized carbons (Fsp3) is 0.0833. The van der Waals surface area contributed by atoms with Crippen LogP contribution in [0.3, 0.4) is 0 Å². The maximum absolute atomic E-state index is 11.8. The minimum absolute atomic E-state index is 0.294. The Morgan fingerprint density at radius 2 is 2.05 bits per heavy atom. The summed E-state index contributed by atoms with van der Waals surface area (Å²) >= 11 is 0. The summed E-state index contributed by atoms with van der Waals surface area (Å²) < 4.78 is 5.82. The largest absolute Gasteiger partial charge is 0.497 e. The number of carboxylic acid groups (broad SMARTS) is 1. The number of aromatic amines is 1. The molecule has 0 fully saturated rings. The summed E-state index contributed by atoms with van der Waals surface area (Å²) in [5, 5.41) is 8.74. The van der Waals surface area contributed by atoms with E-state index in [9.17, 15) is 14.4 Å². The first-order chi connectivity index (χ1) is 9.02. The molecule has 0 saturated carbocycles. The number of aromatic carboxylic acids is 1. The second-order valence-corrected chi connectivity index (χ2v) is 3.67. The molecule has 2 N–H and O–H groups in total. The molecule has 0 bridgehead atoms. The maximum Gasteiger partial charge on any atom is 0.352 e. The van der Waals surface area contributed by atoms with Gasteiger partial charge < -0.3 is 14.8 Å². The van der Waals surface area contributed by atoms with Crippen molar-refractivity contribution in [2.24, 2.45) is 0 Å². The van der Waals surface area contributed by atoms with Crippen LogP contribution in [0.2, 0.25) is 0 Å². The van der Waals surface area contributed by atoms with Crippen LogP contribution in [0.4, 0.5) is 0 Å². The van der Waals surface area contributed by atoms with Gasteiger partial charge in [-0.3, -0.25) is 4.79 Å². The molecule has 0 atom stereocenters. The van der Waals surface area contributed by atoms with Crippen molar-refractivity contribution in [2.75, 3.05) is 7.11 Å². The molecule has 98 valence electrons. The van der Waals surface area contributed by atoms with E-state index < -0.39 is 22.9 Å². The fourth-order valence-electron chi connectivity index (χ4n) is 1.60. The van der Waals surface area contributed by atoms with Crippen molar-refractivity contribution in [1.29, 1.82) is 0 Å². The summed E-state index contributed by atoms with van der Waals surface area (Å²) in [6.07, 6.45) is 0. The normalized spacial score (nSPS) is 10.2. The van der Waals surface area contributed by atoms with Gasteiger partial charge in [0.05, 0.1) is 12.8 Å². The standard InChI is InChI=1S/C12H10N2O5/c1-19-8-4-2-3-7(5-8)14-10(15)6-9(11(16)17)13-12(14)18/h2-6H,1H3,(H,13,18)(H,16,17). The lowest BCUT2D eigenvalue weighted by Gasteiger charge is -2.06. The monoisotopic (exact) mass is 262 g/mol. The minimum atomic E-state index is -1.37. The van der Waals surface area contributed by atoms with Crippen LogP contribution in [-0.4, -0.2) is 27.7 Å². The first-order valence-electron chi connectivity index (χ1n) is 5.27. The van der Waals surface area contributed by atoms with Gasteiger partial charge in [-0.2, -0.15) is 0 Å². The van der Waals surface area contributed by atoms with Gasteiger partial charge in [0.1, 0.15) is 11.4 Å². The molecule has 1 aromatic carbocycles. The lowest BCUT2D eigenvalue weighted by atomic mass is 10.3. The van der Waals surface area contributed by atoms with E-state index >= 15 is 0 Å². The lowest BCUT2D eigenvalue weighted by molar-refractivity contribution is 0.0689. The minimum Gasteiger partial charge on any atom is -0.497 e. The Labute approximate surface area is 106 Å². The number of H-pyrrole nitrogens is 1. The molecule has 0 saturated heterocycles. The molecule has 19 heavy (non-hydrogen) atoms. The Bertz CT molecular complexity index is 713. The first kappa shape index (κ1) is 12.6. The second kappa shape index (κ2) is 4.81. The van der Waals surface area contributed by atoms with Crippen molar-refractivity contribution in [3.05, 3.63) is 56.9 Å². The zero-order valence-corrected chi connectivity index (χ0v) is 9.91. The summed E-state index contributed by atoms with van der Waals surface area (Å²) in [7, 11) is 1.46. The number of carboxylic acids is 1. The first-order valence-corrected chi connectivity index (χ1v) is 5.27. The Morgan fingerprint density at radius 3 is 2.63 bits per heavy atom. The summed E-state index contributed by atoms with van der Waals surface area (Å²) in [6, 6.07) is 7.17. The molecule has 7 nitrogen and oxygen atoms in total. The number of ether oxygens (including phenoxy) is 1. The Balaban J connectivity index is 2.66. The molecular formula is C12H10N2O5. The molecule has 0 radical (unpaired) electrons. The van der Waals surface area contributed by atoms with Gasteiger partial charge in [0.15, 0.2) is 0 Å². The van der Waals surface area contributed by atoms with E-state index in [1.165, 1.54) is 13.2 Å². The van der Waals surface area contributed by atoms with Crippen LogP contribution in [0.25, 0.3) is 5.69 Å². The molecule has 7 heteroatoms. The Morgan fingerprint density at radius 1 is 1.32 bits per heavy atom. The summed E-state index contributed by atoms with van der Waals surface area (Å²) in [4.78, 5) is 36.4. The van der Waals surface area contributed by atoms with Crippen molar-refractivity contribution in [2.45, 2.75) is 0 Å². The maximum atomic E-state index is 11.8.